The Morgan fingerprint density at radius 1 is 1.38 bits per heavy atom. The molecule has 0 radical (unpaired) electrons. The number of nitrogens with zero attached hydrogens (tertiary/aromatic N) is 8. The Morgan fingerprint density at radius 3 is 2.85 bits per heavy atom. The highest BCUT2D eigenvalue weighted by molar-refractivity contribution is 7.98. The lowest BCUT2D eigenvalue weighted by Gasteiger charge is -2.42. The number of anilines is 4. The molecular formula is C24H27ClN10O3S. The summed E-state index contributed by atoms with van der Waals surface area (Å²) in [6.45, 7) is 3.36. The zero-order valence-electron chi connectivity index (χ0n) is 21.5. The van der Waals surface area contributed by atoms with Crippen LogP contribution in [-0.4, -0.2) is 86.7 Å². The summed E-state index contributed by atoms with van der Waals surface area (Å²) in [4.78, 5) is 23.6. The Labute approximate surface area is 234 Å². The number of fused-ring (bicyclic) bond motifs is 1. The molecule has 3 aromatic rings. The Kier molecular flexibility index (Phi) is 8.81. The monoisotopic (exact) mass is 570 g/mol. The molecule has 2 atom stereocenters. The minimum atomic E-state index is -1.02. The number of benzene rings is 1. The molecule has 1 fully saturated rings. The lowest BCUT2D eigenvalue weighted by molar-refractivity contribution is 0.0109. The number of imidazole rings is 1. The number of carboxylic acid groups (broad SMARTS) is 1. The van der Waals surface area contributed by atoms with Crippen molar-refractivity contribution >= 4 is 58.2 Å². The second-order valence-corrected chi connectivity index (χ2v) is 9.90. The average molecular weight is 571 g/mol. The van der Waals surface area contributed by atoms with Crippen LogP contribution < -0.4 is 15.5 Å². The van der Waals surface area contributed by atoms with Gasteiger partial charge in [0.15, 0.2) is 17.2 Å². The van der Waals surface area contributed by atoms with Crippen LogP contribution in [0.1, 0.15) is 24.6 Å². The number of halogens is 1. The molecule has 1 aromatic carbocycles. The van der Waals surface area contributed by atoms with Crippen LogP contribution in [0.2, 0.25) is 5.02 Å². The molecule has 2 aromatic heterocycles. The zero-order valence-corrected chi connectivity index (χ0v) is 23.1. The SMILES string of the molecule is CCNc1nc(Nc2cc(C#N)cc(N3CC[C@@H](N(C)C(=O)O)[C@H](OCSC)C3)c2Cl)nn2c(C#N)cnc12. The van der Waals surface area contributed by atoms with E-state index in [1.165, 1.54) is 27.4 Å². The summed E-state index contributed by atoms with van der Waals surface area (Å²) in [6, 6.07) is 7.18. The molecule has 3 N–H and O–H groups in total. The molecule has 0 unspecified atom stereocenters. The lowest BCUT2D eigenvalue weighted by Crippen LogP contribution is -2.55. The number of thioether (sulfide) groups is 1. The summed E-state index contributed by atoms with van der Waals surface area (Å²) in [5.74, 6) is 0.996. The van der Waals surface area contributed by atoms with E-state index in [0.717, 1.165) is 0 Å². The van der Waals surface area contributed by atoms with Crippen molar-refractivity contribution in [3.63, 3.8) is 0 Å². The number of piperidine rings is 1. The van der Waals surface area contributed by atoms with Gasteiger partial charge in [-0.15, -0.1) is 16.9 Å². The quantitative estimate of drug-likeness (QED) is 0.320. The van der Waals surface area contributed by atoms with Gasteiger partial charge in [-0.25, -0.2) is 9.78 Å². The van der Waals surface area contributed by atoms with Crippen LogP contribution in [-0.2, 0) is 4.74 Å². The summed E-state index contributed by atoms with van der Waals surface area (Å²) >= 11 is 8.38. The van der Waals surface area contributed by atoms with Gasteiger partial charge in [-0.2, -0.15) is 20.0 Å². The van der Waals surface area contributed by atoms with Gasteiger partial charge in [-0.05, 0) is 31.7 Å². The number of likely N-dealkylation sites (N-methyl/N-ethyl adjacent to an activating group) is 1. The number of carbonyl (C=O) groups is 1. The zero-order chi connectivity index (χ0) is 28.1. The first-order valence-electron chi connectivity index (χ1n) is 12.0. The maximum absolute atomic E-state index is 11.6. The van der Waals surface area contributed by atoms with Crippen molar-refractivity contribution in [2.24, 2.45) is 0 Å². The number of nitriles is 2. The van der Waals surface area contributed by atoms with Gasteiger partial charge in [0.25, 0.3) is 0 Å². The van der Waals surface area contributed by atoms with Gasteiger partial charge in [0.05, 0.1) is 52.3 Å². The van der Waals surface area contributed by atoms with Crippen molar-refractivity contribution in [3.05, 3.63) is 34.6 Å². The van der Waals surface area contributed by atoms with Crippen LogP contribution >= 0.6 is 23.4 Å². The number of ether oxygens (including phenoxy) is 1. The van der Waals surface area contributed by atoms with Crippen LogP contribution in [0.5, 0.6) is 0 Å². The van der Waals surface area contributed by atoms with Gasteiger partial charge in [0.2, 0.25) is 5.95 Å². The third kappa shape index (κ3) is 5.88. The van der Waals surface area contributed by atoms with Gasteiger partial charge in [0.1, 0.15) is 6.07 Å². The summed E-state index contributed by atoms with van der Waals surface area (Å²) < 4.78 is 7.39. The normalized spacial score (nSPS) is 16.9. The standard InChI is InChI=1S/C24H27ClN10O3S/c1-4-28-21-22-29-11-15(10-27)35(22)32-23(31-21)30-16-7-14(9-26)8-18(20(16)25)34-6-5-17(33(2)24(36)37)19(12-34)38-13-39-3/h7-8,11,17,19H,4-6,12-13H2,1-3H3,(H,36,37)(H2,28,30,31,32)/t17-,19-/m1/s1. The van der Waals surface area contributed by atoms with E-state index >= 15 is 0 Å². The third-order valence-corrected chi connectivity index (χ3v) is 7.08. The fourth-order valence-electron chi connectivity index (χ4n) is 4.44. The minimum Gasteiger partial charge on any atom is -0.465 e. The molecule has 0 spiro atoms. The number of aromatic nitrogens is 4. The average Bonchev–Trinajstić information content (AvgIpc) is 3.36. The molecule has 3 heterocycles. The number of hydrogen-bond donors (Lipinski definition) is 3. The third-order valence-electron chi connectivity index (χ3n) is 6.31. The first kappa shape index (κ1) is 28.0. The molecule has 39 heavy (non-hydrogen) atoms. The van der Waals surface area contributed by atoms with Crippen LogP contribution in [0.4, 0.5) is 27.9 Å². The molecule has 1 amide bonds. The molecule has 0 aliphatic carbocycles. The van der Waals surface area contributed by atoms with E-state index in [0.29, 0.717) is 65.4 Å². The van der Waals surface area contributed by atoms with Crippen molar-refractivity contribution in [1.29, 1.82) is 10.5 Å². The second kappa shape index (κ2) is 12.3. The van der Waals surface area contributed by atoms with Crippen LogP contribution in [0.25, 0.3) is 5.65 Å². The molecule has 13 nitrogen and oxygen atoms in total. The van der Waals surface area contributed by atoms with E-state index in [9.17, 15) is 20.4 Å². The van der Waals surface area contributed by atoms with E-state index in [1.54, 1.807) is 19.2 Å². The summed E-state index contributed by atoms with van der Waals surface area (Å²) in [6.07, 6.45) is 2.42. The van der Waals surface area contributed by atoms with Crippen LogP contribution in [0, 0.1) is 22.7 Å². The van der Waals surface area contributed by atoms with Crippen molar-refractivity contribution in [3.8, 4) is 12.1 Å². The van der Waals surface area contributed by atoms with E-state index in [1.807, 2.05) is 18.1 Å². The molecule has 1 aliphatic heterocycles. The predicted molar refractivity (Wildman–Crippen MR) is 149 cm³/mol. The highest BCUT2D eigenvalue weighted by atomic mass is 35.5. The molecule has 1 aliphatic rings. The molecule has 1 saturated heterocycles. The van der Waals surface area contributed by atoms with E-state index < -0.39 is 12.2 Å². The van der Waals surface area contributed by atoms with E-state index in [4.69, 9.17) is 16.3 Å². The Bertz CT molecular complexity index is 1450. The van der Waals surface area contributed by atoms with Crippen molar-refractivity contribution in [2.45, 2.75) is 25.5 Å². The van der Waals surface area contributed by atoms with Gasteiger partial charge < -0.3 is 30.3 Å². The molecule has 0 saturated carbocycles. The van der Waals surface area contributed by atoms with Gasteiger partial charge in [-0.3, -0.25) is 0 Å². The van der Waals surface area contributed by atoms with E-state index in [2.05, 4.69) is 37.8 Å². The van der Waals surface area contributed by atoms with Gasteiger partial charge >= 0.3 is 6.09 Å². The summed E-state index contributed by atoms with van der Waals surface area (Å²) in [5.41, 5.74) is 1.99. The molecular weight excluding hydrogens is 544 g/mol. The molecule has 4 rings (SSSR count). The van der Waals surface area contributed by atoms with E-state index in [-0.39, 0.29) is 17.7 Å². The molecule has 0 bridgehead atoms. The predicted octanol–water partition coefficient (Wildman–Crippen LogP) is 3.59. The van der Waals surface area contributed by atoms with Crippen molar-refractivity contribution in [2.75, 3.05) is 54.4 Å². The summed E-state index contributed by atoms with van der Waals surface area (Å²) in [7, 11) is 1.54. The molecule has 15 heteroatoms. The Balaban J connectivity index is 1.69. The molecule has 204 valence electrons. The number of rotatable bonds is 9. The smallest absolute Gasteiger partial charge is 0.407 e. The second-order valence-electron chi connectivity index (χ2n) is 8.71. The number of amides is 1. The highest BCUT2D eigenvalue weighted by Crippen LogP contribution is 2.38. The van der Waals surface area contributed by atoms with Crippen LogP contribution in [0.3, 0.4) is 0 Å². The fourth-order valence-corrected chi connectivity index (χ4v) is 5.03. The lowest BCUT2D eigenvalue weighted by atomic mass is 9.99. The largest absolute Gasteiger partial charge is 0.465 e. The van der Waals surface area contributed by atoms with Gasteiger partial charge in [0, 0.05) is 26.7 Å². The first-order chi connectivity index (χ1) is 18.8. The Morgan fingerprint density at radius 2 is 2.18 bits per heavy atom. The topological polar surface area (TPSA) is 168 Å². The highest BCUT2D eigenvalue weighted by Gasteiger charge is 2.35. The van der Waals surface area contributed by atoms with Crippen molar-refractivity contribution in [1.82, 2.24) is 24.5 Å². The maximum atomic E-state index is 11.6. The summed E-state index contributed by atoms with van der Waals surface area (Å²) in [5, 5.41) is 39.7. The minimum absolute atomic E-state index is 0.152. The van der Waals surface area contributed by atoms with Crippen LogP contribution in [0.15, 0.2) is 18.3 Å². The first-order valence-corrected chi connectivity index (χ1v) is 13.8. The number of nitrogens with one attached hydrogen (secondary N) is 2. The fraction of sp³-hybridized carbons (Fsp3) is 0.417. The van der Waals surface area contributed by atoms with Crippen molar-refractivity contribution < 1.29 is 14.6 Å². The number of hydrogen-bond acceptors (Lipinski definition) is 11. The van der Waals surface area contributed by atoms with Gasteiger partial charge in [-0.1, -0.05) is 11.6 Å². The maximum Gasteiger partial charge on any atom is 0.407 e. The Hall–Kier alpha value is -3.98.